The Hall–Kier alpha value is -0.790. The van der Waals surface area contributed by atoms with Gasteiger partial charge >= 0.3 is 0 Å². The first kappa shape index (κ1) is 5.03. The van der Waals surface area contributed by atoms with Crippen molar-refractivity contribution in [3.63, 3.8) is 0 Å². The van der Waals surface area contributed by atoms with E-state index >= 15 is 0 Å². The molecule has 0 aromatic heterocycles. The van der Waals surface area contributed by atoms with Crippen molar-refractivity contribution in [1.29, 1.82) is 0 Å². The van der Waals surface area contributed by atoms with Gasteiger partial charge in [-0.15, -0.1) is 0 Å². The minimum absolute atomic E-state index is 0.209. The van der Waals surface area contributed by atoms with E-state index in [1.165, 1.54) is 0 Å². The maximum Gasteiger partial charge on any atom is 0.221 e. The van der Waals surface area contributed by atoms with Gasteiger partial charge in [-0.05, 0) is 12.3 Å². The van der Waals surface area contributed by atoms with Crippen LogP contribution in [0.3, 0.4) is 0 Å². The highest BCUT2D eigenvalue weighted by Crippen LogP contribution is 2.24. The maximum atomic E-state index is 10.8. The number of hydrogen-bond acceptors (Lipinski definition) is 1. The summed E-state index contributed by atoms with van der Waals surface area (Å²) in [5.41, 5.74) is 0. The van der Waals surface area contributed by atoms with E-state index in [4.69, 9.17) is 0 Å². The number of piperidine rings is 1. The van der Waals surface area contributed by atoms with E-state index in [1.807, 2.05) is 0 Å². The van der Waals surface area contributed by atoms with Crippen LogP contribution in [0.1, 0.15) is 12.8 Å². The van der Waals surface area contributed by atoms with Gasteiger partial charge in [0.2, 0.25) is 5.91 Å². The minimum atomic E-state index is 0.209. The van der Waals surface area contributed by atoms with Crippen LogP contribution in [-0.2, 0) is 4.79 Å². The zero-order chi connectivity index (χ0) is 6.27. The average Bonchev–Trinajstić information content (AvgIpc) is 2.11. The Morgan fingerprint density at radius 1 is 1.56 bits per heavy atom. The fourth-order valence-electron chi connectivity index (χ4n) is 1.54. The lowest BCUT2D eigenvalue weighted by molar-refractivity contribution is -0.123. The first-order chi connectivity index (χ1) is 4.34. The monoisotopic (exact) mass is 123 g/mol. The van der Waals surface area contributed by atoms with Gasteiger partial charge in [0.1, 0.15) is 0 Å². The molecule has 0 radical (unpaired) electrons. The van der Waals surface area contributed by atoms with Gasteiger partial charge in [0, 0.05) is 12.5 Å². The summed E-state index contributed by atoms with van der Waals surface area (Å²) in [5, 5.41) is 2.88. The molecule has 0 aromatic rings. The summed E-state index contributed by atoms with van der Waals surface area (Å²) in [4.78, 5) is 10.8. The van der Waals surface area contributed by atoms with Crippen molar-refractivity contribution in [2.45, 2.75) is 18.9 Å². The van der Waals surface area contributed by atoms with Crippen LogP contribution in [-0.4, -0.2) is 11.9 Å². The molecule has 0 spiro atoms. The molecule has 2 heteroatoms. The van der Waals surface area contributed by atoms with Crippen LogP contribution in [0.15, 0.2) is 12.2 Å². The second-order valence-corrected chi connectivity index (χ2v) is 2.76. The topological polar surface area (TPSA) is 29.1 Å². The van der Waals surface area contributed by atoms with Crippen molar-refractivity contribution in [3.05, 3.63) is 12.2 Å². The number of nitrogens with one attached hydrogen (secondary N) is 1. The standard InChI is InChI=1S/C7H9NO/c9-7-4-5-1-2-6(3-5)8-7/h1-2,5-6H,3-4H2,(H,8,9). The van der Waals surface area contributed by atoms with E-state index in [2.05, 4.69) is 17.5 Å². The number of carbonyl (C=O) groups is 1. The number of amides is 1. The van der Waals surface area contributed by atoms with Gasteiger partial charge in [-0.2, -0.15) is 0 Å². The number of rotatable bonds is 0. The first-order valence-corrected chi connectivity index (χ1v) is 3.32. The lowest BCUT2D eigenvalue weighted by atomic mass is 10.00. The Morgan fingerprint density at radius 3 is 3.22 bits per heavy atom. The second-order valence-electron chi connectivity index (χ2n) is 2.76. The third kappa shape index (κ3) is 0.745. The molecule has 2 rings (SSSR count). The molecule has 0 saturated carbocycles. The molecule has 2 atom stereocenters. The fraction of sp³-hybridized carbons (Fsp3) is 0.571. The van der Waals surface area contributed by atoms with Crippen molar-refractivity contribution < 1.29 is 4.79 Å². The van der Waals surface area contributed by atoms with E-state index < -0.39 is 0 Å². The summed E-state index contributed by atoms with van der Waals surface area (Å²) >= 11 is 0. The largest absolute Gasteiger partial charge is 0.350 e. The Balaban J connectivity index is 2.18. The summed E-state index contributed by atoms with van der Waals surface area (Å²) in [5.74, 6) is 0.755. The van der Waals surface area contributed by atoms with Gasteiger partial charge in [0.25, 0.3) is 0 Å². The summed E-state index contributed by atoms with van der Waals surface area (Å²) in [6.07, 6.45) is 6.07. The third-order valence-electron chi connectivity index (χ3n) is 1.97. The quantitative estimate of drug-likeness (QED) is 0.465. The fourth-order valence-corrected chi connectivity index (χ4v) is 1.54. The molecule has 9 heavy (non-hydrogen) atoms. The SMILES string of the molecule is O=C1CC2C=CC(C2)N1. The Bertz CT molecular complexity index is 158. The first-order valence-electron chi connectivity index (χ1n) is 3.32. The van der Waals surface area contributed by atoms with E-state index in [9.17, 15) is 4.79 Å². The average molecular weight is 123 g/mol. The van der Waals surface area contributed by atoms with Crippen molar-refractivity contribution >= 4 is 5.91 Å². The summed E-state index contributed by atoms with van der Waals surface area (Å²) in [7, 11) is 0. The smallest absolute Gasteiger partial charge is 0.221 e. The van der Waals surface area contributed by atoms with Gasteiger partial charge < -0.3 is 5.32 Å². The zero-order valence-corrected chi connectivity index (χ0v) is 5.13. The van der Waals surface area contributed by atoms with Gasteiger partial charge in [-0.25, -0.2) is 0 Å². The Kier molecular flexibility index (Phi) is 0.891. The van der Waals surface area contributed by atoms with Crippen molar-refractivity contribution in [1.82, 2.24) is 5.32 Å². The van der Waals surface area contributed by atoms with E-state index in [0.717, 1.165) is 6.42 Å². The third-order valence-corrected chi connectivity index (χ3v) is 1.97. The molecule has 2 aliphatic rings. The molecule has 48 valence electrons. The van der Waals surface area contributed by atoms with Crippen LogP contribution in [0.2, 0.25) is 0 Å². The number of carbonyl (C=O) groups excluding carboxylic acids is 1. The number of allylic oxidation sites excluding steroid dienone is 1. The van der Waals surface area contributed by atoms with Gasteiger partial charge in [0.05, 0.1) is 0 Å². The van der Waals surface area contributed by atoms with Crippen LogP contribution in [0, 0.1) is 5.92 Å². The van der Waals surface area contributed by atoms with Gasteiger partial charge in [-0.1, -0.05) is 12.2 Å². The zero-order valence-electron chi connectivity index (χ0n) is 5.13. The lowest BCUT2D eigenvalue weighted by Crippen LogP contribution is -2.37. The van der Waals surface area contributed by atoms with Crippen LogP contribution in [0.5, 0.6) is 0 Å². The molecular formula is C7H9NO. The molecule has 1 amide bonds. The summed E-state index contributed by atoms with van der Waals surface area (Å²) < 4.78 is 0. The minimum Gasteiger partial charge on any atom is -0.350 e. The summed E-state index contributed by atoms with van der Waals surface area (Å²) in [6, 6.07) is 0.358. The molecule has 1 aliphatic carbocycles. The predicted octanol–water partition coefficient (Wildman–Crippen LogP) is 0.451. The molecule has 2 unspecified atom stereocenters. The van der Waals surface area contributed by atoms with Crippen molar-refractivity contribution in [2.24, 2.45) is 5.92 Å². The normalized spacial score (nSPS) is 38.9. The highest BCUT2D eigenvalue weighted by Gasteiger charge is 2.27. The van der Waals surface area contributed by atoms with Crippen molar-refractivity contribution in [2.75, 3.05) is 0 Å². The molecule has 1 heterocycles. The van der Waals surface area contributed by atoms with E-state index in [0.29, 0.717) is 18.4 Å². The molecular weight excluding hydrogens is 114 g/mol. The van der Waals surface area contributed by atoms with Gasteiger partial charge in [-0.3, -0.25) is 4.79 Å². The molecule has 2 bridgehead atoms. The number of hydrogen-bond donors (Lipinski definition) is 1. The van der Waals surface area contributed by atoms with Gasteiger partial charge in [0.15, 0.2) is 0 Å². The molecule has 0 aromatic carbocycles. The Morgan fingerprint density at radius 2 is 2.44 bits per heavy atom. The van der Waals surface area contributed by atoms with Crippen LogP contribution < -0.4 is 5.32 Å². The Labute approximate surface area is 53.9 Å². The highest BCUT2D eigenvalue weighted by molar-refractivity contribution is 5.78. The van der Waals surface area contributed by atoms with Crippen molar-refractivity contribution in [3.8, 4) is 0 Å². The second kappa shape index (κ2) is 1.59. The van der Waals surface area contributed by atoms with E-state index in [-0.39, 0.29) is 5.91 Å². The lowest BCUT2D eigenvalue weighted by Gasteiger charge is -2.19. The molecule has 1 aliphatic heterocycles. The summed E-state index contributed by atoms with van der Waals surface area (Å²) in [6.45, 7) is 0. The number of fused-ring (bicyclic) bond motifs is 2. The molecule has 2 nitrogen and oxygen atoms in total. The maximum absolute atomic E-state index is 10.8. The van der Waals surface area contributed by atoms with Crippen LogP contribution >= 0.6 is 0 Å². The van der Waals surface area contributed by atoms with Crippen LogP contribution in [0.25, 0.3) is 0 Å². The van der Waals surface area contributed by atoms with E-state index in [1.54, 1.807) is 0 Å². The predicted molar refractivity (Wildman–Crippen MR) is 33.8 cm³/mol. The molecule has 1 N–H and O–H groups in total. The molecule has 1 fully saturated rings. The highest BCUT2D eigenvalue weighted by atomic mass is 16.1. The molecule has 1 saturated heterocycles. The van der Waals surface area contributed by atoms with Crippen LogP contribution in [0.4, 0.5) is 0 Å².